The first-order valence-corrected chi connectivity index (χ1v) is 8.07. The molecule has 1 aliphatic rings. The Morgan fingerprint density at radius 3 is 2.77 bits per heavy atom. The van der Waals surface area contributed by atoms with Crippen LogP contribution in [0.5, 0.6) is 0 Å². The van der Waals surface area contributed by atoms with Crippen molar-refractivity contribution in [2.75, 3.05) is 0 Å². The number of halogens is 1. The van der Waals surface area contributed by atoms with E-state index in [9.17, 15) is 9.59 Å². The molecule has 1 aliphatic carbocycles. The molecule has 3 rings (SSSR count). The molecule has 1 aromatic carbocycles. The maximum Gasteiger partial charge on any atom is 0.281 e. The molecular formula is C15H14ClN3O2S. The van der Waals surface area contributed by atoms with Gasteiger partial charge in [-0.15, -0.1) is 11.3 Å². The Morgan fingerprint density at radius 1 is 1.32 bits per heavy atom. The Balaban J connectivity index is 1.73. The molecule has 0 aliphatic heterocycles. The number of thiazole rings is 1. The molecule has 1 aromatic heterocycles. The van der Waals surface area contributed by atoms with E-state index in [2.05, 4.69) is 15.8 Å². The summed E-state index contributed by atoms with van der Waals surface area (Å²) in [5.41, 5.74) is 6.38. The van der Waals surface area contributed by atoms with Crippen molar-refractivity contribution in [2.24, 2.45) is 5.92 Å². The van der Waals surface area contributed by atoms with Gasteiger partial charge in [0.2, 0.25) is 5.91 Å². The molecule has 0 atom stereocenters. The van der Waals surface area contributed by atoms with Crippen molar-refractivity contribution in [1.29, 1.82) is 0 Å². The number of carbonyl (C=O) groups excluding carboxylic acids is 2. The Bertz CT molecular complexity index is 740. The molecule has 114 valence electrons. The number of aromatic nitrogens is 1. The number of hydrogen-bond donors (Lipinski definition) is 2. The van der Waals surface area contributed by atoms with Crippen LogP contribution in [0.25, 0.3) is 10.6 Å². The number of amides is 2. The Hall–Kier alpha value is -1.92. The van der Waals surface area contributed by atoms with Gasteiger partial charge in [-0.1, -0.05) is 23.7 Å². The second-order valence-corrected chi connectivity index (χ2v) is 6.60. The van der Waals surface area contributed by atoms with Gasteiger partial charge in [0.25, 0.3) is 5.91 Å². The highest BCUT2D eigenvalue weighted by molar-refractivity contribution is 7.17. The summed E-state index contributed by atoms with van der Waals surface area (Å²) in [5, 5.41) is 1.34. The lowest BCUT2D eigenvalue weighted by atomic mass is 10.2. The number of hydrazine groups is 1. The van der Waals surface area contributed by atoms with Crippen LogP contribution in [0.4, 0.5) is 0 Å². The van der Waals surface area contributed by atoms with E-state index in [1.807, 2.05) is 12.1 Å². The minimum Gasteiger partial charge on any atom is -0.273 e. The van der Waals surface area contributed by atoms with Crippen LogP contribution in [-0.2, 0) is 4.79 Å². The van der Waals surface area contributed by atoms with E-state index >= 15 is 0 Å². The predicted molar refractivity (Wildman–Crippen MR) is 85.6 cm³/mol. The second kappa shape index (κ2) is 6.06. The molecule has 0 spiro atoms. The maximum atomic E-state index is 12.1. The molecule has 1 fully saturated rings. The maximum absolute atomic E-state index is 12.1. The zero-order chi connectivity index (χ0) is 15.7. The summed E-state index contributed by atoms with van der Waals surface area (Å²) in [7, 11) is 0. The standard InChI is InChI=1S/C15H14ClN3O2S/c1-8-12(14(21)19-18-13(20)9-5-6-9)22-15(17-8)10-3-2-4-11(16)7-10/h2-4,7,9H,5-6H2,1H3,(H,18,20)(H,19,21). The third-order valence-electron chi connectivity index (χ3n) is 3.32. The lowest BCUT2D eigenvalue weighted by molar-refractivity contribution is -0.123. The minimum absolute atomic E-state index is 0.0462. The first-order valence-electron chi connectivity index (χ1n) is 6.88. The van der Waals surface area contributed by atoms with Crippen molar-refractivity contribution in [3.63, 3.8) is 0 Å². The van der Waals surface area contributed by atoms with E-state index in [0.29, 0.717) is 15.6 Å². The van der Waals surface area contributed by atoms with Crippen molar-refractivity contribution >= 4 is 34.8 Å². The number of nitrogens with zero attached hydrogens (tertiary/aromatic N) is 1. The van der Waals surface area contributed by atoms with Crippen LogP contribution in [0.3, 0.4) is 0 Å². The number of hydrogen-bond acceptors (Lipinski definition) is 4. The summed E-state index contributed by atoms with van der Waals surface area (Å²) in [4.78, 5) is 28.6. The summed E-state index contributed by atoms with van der Waals surface area (Å²) in [5.74, 6) is -0.437. The minimum atomic E-state index is -0.350. The van der Waals surface area contributed by atoms with Crippen molar-refractivity contribution in [3.8, 4) is 10.6 Å². The van der Waals surface area contributed by atoms with Crippen LogP contribution < -0.4 is 10.9 Å². The van der Waals surface area contributed by atoms with E-state index in [1.54, 1.807) is 19.1 Å². The third-order valence-corrected chi connectivity index (χ3v) is 4.76. The number of carbonyl (C=O) groups is 2. The molecule has 7 heteroatoms. The van der Waals surface area contributed by atoms with E-state index in [1.165, 1.54) is 11.3 Å². The molecule has 2 aromatic rings. The van der Waals surface area contributed by atoms with Gasteiger partial charge in [-0.05, 0) is 31.9 Å². The quantitative estimate of drug-likeness (QED) is 0.847. The van der Waals surface area contributed by atoms with Gasteiger partial charge in [0.05, 0.1) is 5.69 Å². The fourth-order valence-electron chi connectivity index (χ4n) is 1.97. The van der Waals surface area contributed by atoms with Crippen LogP contribution in [0.15, 0.2) is 24.3 Å². The third kappa shape index (κ3) is 3.28. The van der Waals surface area contributed by atoms with Crippen LogP contribution in [-0.4, -0.2) is 16.8 Å². The largest absolute Gasteiger partial charge is 0.281 e. The highest BCUT2D eigenvalue weighted by Crippen LogP contribution is 2.30. The van der Waals surface area contributed by atoms with Gasteiger partial charge in [-0.3, -0.25) is 20.4 Å². The Morgan fingerprint density at radius 2 is 2.09 bits per heavy atom. The molecule has 1 saturated carbocycles. The number of nitrogens with one attached hydrogen (secondary N) is 2. The topological polar surface area (TPSA) is 71.1 Å². The zero-order valence-electron chi connectivity index (χ0n) is 11.9. The van der Waals surface area contributed by atoms with Crippen molar-refractivity contribution in [2.45, 2.75) is 19.8 Å². The van der Waals surface area contributed by atoms with Crippen LogP contribution >= 0.6 is 22.9 Å². The predicted octanol–water partition coefficient (Wildman–Crippen LogP) is 2.94. The average Bonchev–Trinajstić information content (AvgIpc) is 3.27. The molecular weight excluding hydrogens is 322 g/mol. The second-order valence-electron chi connectivity index (χ2n) is 5.16. The molecule has 0 radical (unpaired) electrons. The molecule has 2 amide bonds. The summed E-state index contributed by atoms with van der Waals surface area (Å²) in [6, 6.07) is 7.31. The van der Waals surface area contributed by atoms with Gasteiger partial charge in [0.1, 0.15) is 9.88 Å². The van der Waals surface area contributed by atoms with E-state index in [0.717, 1.165) is 23.4 Å². The van der Waals surface area contributed by atoms with Gasteiger partial charge in [0.15, 0.2) is 0 Å². The summed E-state index contributed by atoms with van der Waals surface area (Å²) in [6.07, 6.45) is 1.78. The smallest absolute Gasteiger partial charge is 0.273 e. The zero-order valence-corrected chi connectivity index (χ0v) is 13.4. The first-order chi connectivity index (χ1) is 10.5. The molecule has 1 heterocycles. The van der Waals surface area contributed by atoms with Crippen LogP contribution in [0.1, 0.15) is 28.2 Å². The average molecular weight is 336 g/mol. The molecule has 0 bridgehead atoms. The highest BCUT2D eigenvalue weighted by Gasteiger charge is 2.30. The van der Waals surface area contributed by atoms with Gasteiger partial charge in [-0.25, -0.2) is 4.98 Å². The van der Waals surface area contributed by atoms with Crippen LogP contribution in [0.2, 0.25) is 5.02 Å². The van der Waals surface area contributed by atoms with Gasteiger partial charge in [-0.2, -0.15) is 0 Å². The number of aryl methyl sites for hydroxylation is 1. The Labute approximate surface area is 136 Å². The normalized spacial score (nSPS) is 13.7. The van der Waals surface area contributed by atoms with Crippen molar-refractivity contribution in [1.82, 2.24) is 15.8 Å². The number of rotatable bonds is 3. The lowest BCUT2D eigenvalue weighted by Gasteiger charge is -2.05. The van der Waals surface area contributed by atoms with Crippen LogP contribution in [0, 0.1) is 12.8 Å². The molecule has 5 nitrogen and oxygen atoms in total. The van der Waals surface area contributed by atoms with Gasteiger partial charge < -0.3 is 0 Å². The first kappa shape index (κ1) is 15.0. The van der Waals surface area contributed by atoms with E-state index in [4.69, 9.17) is 11.6 Å². The van der Waals surface area contributed by atoms with E-state index < -0.39 is 0 Å². The van der Waals surface area contributed by atoms with Gasteiger partial charge in [0, 0.05) is 16.5 Å². The van der Waals surface area contributed by atoms with Crippen molar-refractivity contribution < 1.29 is 9.59 Å². The summed E-state index contributed by atoms with van der Waals surface area (Å²) < 4.78 is 0. The lowest BCUT2D eigenvalue weighted by Crippen LogP contribution is -2.42. The van der Waals surface area contributed by atoms with Gasteiger partial charge >= 0.3 is 0 Å². The molecule has 0 unspecified atom stereocenters. The molecule has 22 heavy (non-hydrogen) atoms. The SMILES string of the molecule is Cc1nc(-c2cccc(Cl)c2)sc1C(=O)NNC(=O)C1CC1. The fourth-order valence-corrected chi connectivity index (χ4v) is 3.12. The molecule has 2 N–H and O–H groups in total. The summed E-state index contributed by atoms with van der Waals surface area (Å²) >= 11 is 7.25. The number of benzene rings is 1. The highest BCUT2D eigenvalue weighted by atomic mass is 35.5. The summed E-state index contributed by atoms with van der Waals surface area (Å²) in [6.45, 7) is 1.77. The Kier molecular flexibility index (Phi) is 4.13. The molecule has 0 saturated heterocycles. The monoisotopic (exact) mass is 335 g/mol. The van der Waals surface area contributed by atoms with Crippen molar-refractivity contribution in [3.05, 3.63) is 39.9 Å². The fraction of sp³-hybridized carbons (Fsp3) is 0.267. The van der Waals surface area contributed by atoms with E-state index in [-0.39, 0.29) is 17.7 Å².